The number of nitrogens with zero attached hydrogens (tertiary/aromatic N) is 3. The van der Waals surface area contributed by atoms with Crippen molar-refractivity contribution in [1.29, 1.82) is 0 Å². The Balaban J connectivity index is 1.66. The van der Waals surface area contributed by atoms with Gasteiger partial charge in [-0.05, 0) is 30.9 Å². The third-order valence-electron chi connectivity index (χ3n) is 3.96. The summed E-state index contributed by atoms with van der Waals surface area (Å²) >= 11 is 6.10. The number of piperidine rings is 1. The number of carbonyl (C=O) groups is 1. The zero-order chi connectivity index (χ0) is 16.1. The summed E-state index contributed by atoms with van der Waals surface area (Å²) in [4.78, 5) is 22.9. The quantitative estimate of drug-likeness (QED) is 0.936. The molecule has 0 unspecified atom stereocenters. The van der Waals surface area contributed by atoms with Gasteiger partial charge in [-0.3, -0.25) is 4.79 Å². The molecule has 0 saturated carbocycles. The molecule has 6 heteroatoms. The number of anilines is 1. The molecule has 5 nitrogen and oxygen atoms in total. The van der Waals surface area contributed by atoms with Crippen molar-refractivity contribution in [1.82, 2.24) is 15.3 Å². The molecule has 23 heavy (non-hydrogen) atoms. The summed E-state index contributed by atoms with van der Waals surface area (Å²) in [7, 11) is 0. The molecule has 0 bridgehead atoms. The smallest absolute Gasteiger partial charge is 0.270 e. The van der Waals surface area contributed by atoms with Crippen LogP contribution in [0.15, 0.2) is 36.7 Å². The Morgan fingerprint density at radius 2 is 1.96 bits per heavy atom. The first kappa shape index (κ1) is 15.7. The third kappa shape index (κ3) is 3.99. The lowest BCUT2D eigenvalue weighted by molar-refractivity contribution is 0.0946. The van der Waals surface area contributed by atoms with E-state index < -0.39 is 0 Å². The largest absolute Gasteiger partial charge is 0.357 e. The lowest BCUT2D eigenvalue weighted by Crippen LogP contribution is -2.31. The van der Waals surface area contributed by atoms with Crippen LogP contribution in [0.3, 0.4) is 0 Å². The van der Waals surface area contributed by atoms with Crippen LogP contribution in [-0.4, -0.2) is 29.0 Å². The fourth-order valence-corrected chi connectivity index (χ4v) is 2.88. The van der Waals surface area contributed by atoms with Gasteiger partial charge in [-0.15, -0.1) is 0 Å². The Morgan fingerprint density at radius 3 is 2.74 bits per heavy atom. The summed E-state index contributed by atoms with van der Waals surface area (Å²) < 4.78 is 0. The highest BCUT2D eigenvalue weighted by atomic mass is 35.5. The Kier molecular flexibility index (Phi) is 5.08. The molecule has 1 amide bonds. The second-order valence-corrected chi connectivity index (χ2v) is 5.99. The monoisotopic (exact) mass is 330 g/mol. The van der Waals surface area contributed by atoms with E-state index in [-0.39, 0.29) is 5.91 Å². The van der Waals surface area contributed by atoms with Gasteiger partial charge in [0.25, 0.3) is 5.91 Å². The average molecular weight is 331 g/mol. The van der Waals surface area contributed by atoms with E-state index in [9.17, 15) is 4.79 Å². The zero-order valence-electron chi connectivity index (χ0n) is 12.8. The minimum absolute atomic E-state index is 0.217. The van der Waals surface area contributed by atoms with Gasteiger partial charge in [0.05, 0.1) is 0 Å². The minimum Gasteiger partial charge on any atom is -0.357 e. The molecular weight excluding hydrogens is 312 g/mol. The molecule has 2 heterocycles. The topological polar surface area (TPSA) is 58.1 Å². The maximum Gasteiger partial charge on any atom is 0.270 e. The van der Waals surface area contributed by atoms with Crippen molar-refractivity contribution < 1.29 is 4.79 Å². The maximum absolute atomic E-state index is 12.3. The summed E-state index contributed by atoms with van der Waals surface area (Å²) in [6, 6.07) is 9.21. The number of hydrogen-bond donors (Lipinski definition) is 1. The number of rotatable bonds is 4. The zero-order valence-corrected chi connectivity index (χ0v) is 13.6. The molecule has 1 aromatic carbocycles. The van der Waals surface area contributed by atoms with Crippen molar-refractivity contribution in [2.45, 2.75) is 25.8 Å². The van der Waals surface area contributed by atoms with Crippen LogP contribution in [0.4, 0.5) is 5.82 Å². The maximum atomic E-state index is 12.3. The van der Waals surface area contributed by atoms with Gasteiger partial charge in [-0.2, -0.15) is 0 Å². The van der Waals surface area contributed by atoms with Crippen LogP contribution in [0.5, 0.6) is 0 Å². The van der Waals surface area contributed by atoms with Crippen molar-refractivity contribution in [2.75, 3.05) is 18.0 Å². The van der Waals surface area contributed by atoms with Gasteiger partial charge >= 0.3 is 0 Å². The lowest BCUT2D eigenvalue weighted by atomic mass is 10.1. The molecular formula is C17H19ClN4O. The fraction of sp³-hybridized carbons (Fsp3) is 0.353. The highest BCUT2D eigenvalue weighted by molar-refractivity contribution is 6.31. The van der Waals surface area contributed by atoms with E-state index in [1.165, 1.54) is 12.7 Å². The van der Waals surface area contributed by atoms with Crippen molar-refractivity contribution in [3.8, 4) is 0 Å². The Labute approximate surface area is 140 Å². The summed E-state index contributed by atoms with van der Waals surface area (Å²) in [6.45, 7) is 2.34. The summed E-state index contributed by atoms with van der Waals surface area (Å²) in [5.41, 5.74) is 1.26. The minimum atomic E-state index is -0.217. The predicted molar refractivity (Wildman–Crippen MR) is 90.7 cm³/mol. The SMILES string of the molecule is O=C(NCc1ccccc1Cl)c1cc(N2CCCCC2)ncn1. The molecule has 1 aliphatic heterocycles. The van der Waals surface area contributed by atoms with Crippen LogP contribution < -0.4 is 10.2 Å². The predicted octanol–water partition coefficient (Wildman–Crippen LogP) is 3.05. The van der Waals surface area contributed by atoms with E-state index >= 15 is 0 Å². The normalized spacial score (nSPS) is 14.6. The summed E-state index contributed by atoms with van der Waals surface area (Å²) in [5, 5.41) is 3.50. The molecule has 0 radical (unpaired) electrons. The molecule has 0 spiro atoms. The van der Waals surface area contributed by atoms with Crippen molar-refractivity contribution in [3.05, 3.63) is 52.9 Å². The van der Waals surface area contributed by atoms with Crippen LogP contribution >= 0.6 is 11.6 Å². The van der Waals surface area contributed by atoms with E-state index in [0.717, 1.165) is 37.3 Å². The van der Waals surface area contributed by atoms with Crippen LogP contribution in [0, 0.1) is 0 Å². The Bertz CT molecular complexity index is 686. The van der Waals surface area contributed by atoms with Gasteiger partial charge in [0.1, 0.15) is 17.8 Å². The molecule has 0 aliphatic carbocycles. The summed E-state index contributed by atoms with van der Waals surface area (Å²) in [5.74, 6) is 0.605. The van der Waals surface area contributed by atoms with E-state index in [1.807, 2.05) is 24.3 Å². The Morgan fingerprint density at radius 1 is 1.17 bits per heavy atom. The van der Waals surface area contributed by atoms with E-state index in [0.29, 0.717) is 17.3 Å². The van der Waals surface area contributed by atoms with Crippen LogP contribution in [-0.2, 0) is 6.54 Å². The number of amides is 1. The average Bonchev–Trinajstić information content (AvgIpc) is 2.62. The van der Waals surface area contributed by atoms with Gasteiger partial charge in [-0.1, -0.05) is 29.8 Å². The standard InChI is InChI=1S/C17H19ClN4O/c18-14-7-3-2-6-13(14)11-19-17(23)15-10-16(21-12-20-15)22-8-4-1-5-9-22/h2-3,6-7,10,12H,1,4-5,8-9,11H2,(H,19,23). The van der Waals surface area contributed by atoms with E-state index in [1.54, 1.807) is 6.07 Å². The van der Waals surface area contributed by atoms with Crippen LogP contribution in [0.25, 0.3) is 0 Å². The van der Waals surface area contributed by atoms with Gasteiger partial charge < -0.3 is 10.2 Å². The fourth-order valence-electron chi connectivity index (χ4n) is 2.67. The van der Waals surface area contributed by atoms with Crippen LogP contribution in [0.2, 0.25) is 5.02 Å². The first-order valence-corrected chi connectivity index (χ1v) is 8.20. The first-order chi connectivity index (χ1) is 11.2. The highest BCUT2D eigenvalue weighted by Crippen LogP contribution is 2.18. The van der Waals surface area contributed by atoms with Gasteiger partial charge in [-0.25, -0.2) is 9.97 Å². The molecule has 2 aromatic rings. The Hall–Kier alpha value is -2.14. The number of hydrogen-bond acceptors (Lipinski definition) is 4. The number of carbonyl (C=O) groups excluding carboxylic acids is 1. The van der Waals surface area contributed by atoms with Crippen molar-refractivity contribution in [2.24, 2.45) is 0 Å². The molecule has 1 N–H and O–H groups in total. The second-order valence-electron chi connectivity index (χ2n) is 5.58. The van der Waals surface area contributed by atoms with E-state index in [4.69, 9.17) is 11.6 Å². The van der Waals surface area contributed by atoms with Crippen molar-refractivity contribution >= 4 is 23.3 Å². The number of halogens is 1. The van der Waals surface area contributed by atoms with E-state index in [2.05, 4.69) is 20.2 Å². The van der Waals surface area contributed by atoms with Gasteiger partial charge in [0.2, 0.25) is 0 Å². The molecule has 3 rings (SSSR count). The molecule has 0 atom stereocenters. The third-order valence-corrected chi connectivity index (χ3v) is 4.33. The van der Waals surface area contributed by atoms with Gasteiger partial charge in [0, 0.05) is 30.7 Å². The number of nitrogens with one attached hydrogen (secondary N) is 1. The molecule has 1 saturated heterocycles. The number of aromatic nitrogens is 2. The van der Waals surface area contributed by atoms with Gasteiger partial charge in [0.15, 0.2) is 0 Å². The lowest BCUT2D eigenvalue weighted by Gasteiger charge is -2.27. The second kappa shape index (κ2) is 7.42. The summed E-state index contributed by atoms with van der Waals surface area (Å²) in [6.07, 6.45) is 5.04. The molecule has 1 aromatic heterocycles. The number of benzene rings is 1. The first-order valence-electron chi connectivity index (χ1n) is 7.82. The van der Waals surface area contributed by atoms with Crippen molar-refractivity contribution in [3.63, 3.8) is 0 Å². The molecule has 120 valence electrons. The molecule has 1 fully saturated rings. The highest BCUT2D eigenvalue weighted by Gasteiger charge is 2.15. The van der Waals surface area contributed by atoms with Crippen LogP contribution in [0.1, 0.15) is 35.3 Å². The molecule has 1 aliphatic rings.